The molecule has 2 saturated carbocycles. The van der Waals surface area contributed by atoms with E-state index in [4.69, 9.17) is 18.9 Å². The van der Waals surface area contributed by atoms with Gasteiger partial charge in [0.25, 0.3) is 0 Å². The summed E-state index contributed by atoms with van der Waals surface area (Å²) in [5, 5.41) is 0. The maximum Gasteiger partial charge on any atom is 0.309 e. The van der Waals surface area contributed by atoms with Crippen LogP contribution in [0.3, 0.4) is 0 Å². The largest absolute Gasteiger partial charge is 0.493 e. The normalized spacial score (nSPS) is 38.6. The van der Waals surface area contributed by atoms with Crippen molar-refractivity contribution < 1.29 is 23.7 Å². The highest BCUT2D eigenvalue weighted by molar-refractivity contribution is 5.75. The van der Waals surface area contributed by atoms with Gasteiger partial charge in [-0.1, -0.05) is 6.07 Å². The predicted molar refractivity (Wildman–Crippen MR) is 110 cm³/mol. The van der Waals surface area contributed by atoms with E-state index >= 15 is 0 Å². The summed E-state index contributed by atoms with van der Waals surface area (Å²) in [5.74, 6) is 2.42. The van der Waals surface area contributed by atoms with Crippen LogP contribution in [0.4, 0.5) is 0 Å². The molecule has 0 radical (unpaired) electrons. The highest BCUT2D eigenvalue weighted by Crippen LogP contribution is 2.65. The number of rotatable bonds is 5. The monoisotopic (exact) mass is 413 g/mol. The molecule has 1 aromatic carbocycles. The molecule has 30 heavy (non-hydrogen) atoms. The number of ether oxygens (including phenoxy) is 4. The second-order valence-electron chi connectivity index (χ2n) is 9.83. The van der Waals surface area contributed by atoms with Crippen LogP contribution in [0.15, 0.2) is 12.1 Å². The fourth-order valence-electron chi connectivity index (χ4n) is 7.30. The summed E-state index contributed by atoms with van der Waals surface area (Å²) in [5.41, 5.74) is 2.44. The fourth-order valence-corrected chi connectivity index (χ4v) is 7.30. The molecule has 6 atom stereocenters. The molecule has 0 amide bonds. The van der Waals surface area contributed by atoms with Gasteiger partial charge in [-0.25, -0.2) is 0 Å². The number of methoxy groups -OCH3 is 3. The van der Waals surface area contributed by atoms with E-state index in [1.54, 1.807) is 14.2 Å². The summed E-state index contributed by atoms with van der Waals surface area (Å²) in [7, 11) is 4.96. The fraction of sp³-hybridized carbons (Fsp3) is 0.708. The van der Waals surface area contributed by atoms with Gasteiger partial charge < -0.3 is 18.9 Å². The number of piperidine rings is 1. The third-order valence-electron chi connectivity index (χ3n) is 8.62. The first kappa shape index (κ1) is 18.9. The Morgan fingerprint density at radius 3 is 2.80 bits per heavy atom. The summed E-state index contributed by atoms with van der Waals surface area (Å²) < 4.78 is 23.6. The highest BCUT2D eigenvalue weighted by atomic mass is 16.6. The van der Waals surface area contributed by atoms with Gasteiger partial charge in [0, 0.05) is 36.6 Å². The highest BCUT2D eigenvalue weighted by Gasteiger charge is 2.69. The first-order valence-corrected chi connectivity index (χ1v) is 11.3. The minimum absolute atomic E-state index is 0.0793. The zero-order valence-electron chi connectivity index (χ0n) is 18.1. The van der Waals surface area contributed by atoms with Crippen LogP contribution < -0.4 is 9.47 Å². The molecule has 2 heterocycles. The molecule has 2 aliphatic heterocycles. The van der Waals surface area contributed by atoms with Crippen molar-refractivity contribution in [1.29, 1.82) is 0 Å². The average molecular weight is 414 g/mol. The molecule has 162 valence electrons. The van der Waals surface area contributed by atoms with E-state index in [0.29, 0.717) is 12.5 Å². The number of benzene rings is 1. The van der Waals surface area contributed by atoms with Gasteiger partial charge >= 0.3 is 5.97 Å². The molecule has 1 aromatic rings. The van der Waals surface area contributed by atoms with Crippen LogP contribution in [0, 0.1) is 17.8 Å². The van der Waals surface area contributed by atoms with Crippen LogP contribution in [-0.2, 0) is 26.1 Å². The molecule has 1 spiro atoms. The van der Waals surface area contributed by atoms with Crippen molar-refractivity contribution in [3.63, 3.8) is 0 Å². The van der Waals surface area contributed by atoms with Crippen molar-refractivity contribution in [2.24, 2.45) is 17.8 Å². The quantitative estimate of drug-likeness (QED) is 0.692. The lowest BCUT2D eigenvalue weighted by Gasteiger charge is -2.61. The molecule has 3 aliphatic carbocycles. The molecule has 5 aliphatic rings. The van der Waals surface area contributed by atoms with E-state index in [1.165, 1.54) is 31.1 Å². The Labute approximate surface area is 177 Å². The Kier molecular flexibility index (Phi) is 4.17. The molecule has 6 unspecified atom stereocenters. The summed E-state index contributed by atoms with van der Waals surface area (Å²) >= 11 is 0. The van der Waals surface area contributed by atoms with Crippen molar-refractivity contribution in [3.05, 3.63) is 23.3 Å². The van der Waals surface area contributed by atoms with E-state index < -0.39 is 0 Å². The first-order chi connectivity index (χ1) is 14.6. The topological polar surface area (TPSA) is 57.2 Å². The van der Waals surface area contributed by atoms with E-state index in [9.17, 15) is 4.79 Å². The van der Waals surface area contributed by atoms with E-state index in [0.717, 1.165) is 43.3 Å². The predicted octanol–water partition coefficient (Wildman–Crippen LogP) is 2.56. The van der Waals surface area contributed by atoms with Crippen molar-refractivity contribution in [1.82, 2.24) is 4.90 Å². The zero-order chi connectivity index (χ0) is 20.6. The average Bonchev–Trinajstić information content (AvgIpc) is 3.52. The molecule has 6 heteroatoms. The maximum absolute atomic E-state index is 13.0. The number of nitrogens with zero attached hydrogens (tertiary/aromatic N) is 1. The van der Waals surface area contributed by atoms with Crippen LogP contribution in [0.1, 0.15) is 36.8 Å². The van der Waals surface area contributed by atoms with Crippen molar-refractivity contribution in [2.75, 3.05) is 34.4 Å². The lowest BCUT2D eigenvalue weighted by Crippen LogP contribution is -2.70. The maximum atomic E-state index is 13.0. The molecule has 2 bridgehead atoms. The lowest BCUT2D eigenvalue weighted by molar-refractivity contribution is -0.173. The molecule has 6 nitrogen and oxygen atoms in total. The second kappa shape index (κ2) is 6.60. The second-order valence-corrected chi connectivity index (χ2v) is 9.83. The third-order valence-corrected chi connectivity index (χ3v) is 8.62. The molecule has 0 N–H and O–H groups in total. The number of esters is 1. The van der Waals surface area contributed by atoms with Gasteiger partial charge in [0.15, 0.2) is 11.5 Å². The van der Waals surface area contributed by atoms with Crippen molar-refractivity contribution in [3.8, 4) is 11.5 Å². The minimum Gasteiger partial charge on any atom is -0.493 e. The van der Waals surface area contributed by atoms with Gasteiger partial charge in [-0.3, -0.25) is 9.69 Å². The number of carbonyl (C=O) groups excluding carboxylic acids is 1. The van der Waals surface area contributed by atoms with E-state index in [-0.39, 0.29) is 35.4 Å². The van der Waals surface area contributed by atoms with Crippen LogP contribution in [-0.4, -0.2) is 63.5 Å². The summed E-state index contributed by atoms with van der Waals surface area (Å²) in [4.78, 5) is 15.7. The van der Waals surface area contributed by atoms with Gasteiger partial charge in [-0.05, 0) is 56.2 Å². The zero-order valence-corrected chi connectivity index (χ0v) is 18.1. The summed E-state index contributed by atoms with van der Waals surface area (Å²) in [6, 6.07) is 4.61. The Balaban J connectivity index is 1.55. The van der Waals surface area contributed by atoms with Crippen molar-refractivity contribution >= 4 is 5.97 Å². The minimum atomic E-state index is -0.208. The Morgan fingerprint density at radius 1 is 1.27 bits per heavy atom. The number of hydrogen-bond donors (Lipinski definition) is 0. The van der Waals surface area contributed by atoms with E-state index in [1.807, 2.05) is 6.07 Å². The van der Waals surface area contributed by atoms with Crippen LogP contribution >= 0.6 is 0 Å². The van der Waals surface area contributed by atoms with Gasteiger partial charge in [0.05, 0.1) is 26.2 Å². The van der Waals surface area contributed by atoms with Crippen LogP contribution in [0.5, 0.6) is 11.5 Å². The standard InChI is InChI=1S/C24H31NO5/c1-27-17-7-6-14-10-16-20-15(23(26)29-3)11-18(28-2)22-24(20,19(14)21(17)30-22)8-9-25(16)12-13-4-5-13/h6-7,13,15-16,18,20,22H,4-5,8-12H2,1-3H3. The molecule has 1 saturated heterocycles. The van der Waals surface area contributed by atoms with E-state index in [2.05, 4.69) is 11.0 Å². The lowest BCUT2D eigenvalue weighted by atomic mass is 9.48. The SMILES string of the molecule is COC(=O)C1CC(OC)C2Oc3c(OC)ccc4c3C23CCN(CC2CC2)C(C4)C13. The Bertz CT molecular complexity index is 883. The first-order valence-electron chi connectivity index (χ1n) is 11.3. The molecular weight excluding hydrogens is 382 g/mol. The number of likely N-dealkylation sites (tertiary alicyclic amines) is 1. The molecule has 3 fully saturated rings. The molecule has 0 aromatic heterocycles. The summed E-state index contributed by atoms with van der Waals surface area (Å²) in [6.07, 6.45) is 5.08. The number of hydrogen-bond acceptors (Lipinski definition) is 6. The number of carbonyl (C=O) groups is 1. The van der Waals surface area contributed by atoms with Crippen molar-refractivity contribution in [2.45, 2.75) is 55.8 Å². The van der Waals surface area contributed by atoms with Crippen LogP contribution in [0.2, 0.25) is 0 Å². The van der Waals surface area contributed by atoms with Gasteiger partial charge in [0.2, 0.25) is 0 Å². The van der Waals surface area contributed by atoms with Gasteiger partial charge in [-0.15, -0.1) is 0 Å². The van der Waals surface area contributed by atoms with Gasteiger partial charge in [0.1, 0.15) is 6.10 Å². The summed E-state index contributed by atoms with van der Waals surface area (Å²) in [6.45, 7) is 2.21. The van der Waals surface area contributed by atoms with Gasteiger partial charge in [-0.2, -0.15) is 0 Å². The van der Waals surface area contributed by atoms with Crippen LogP contribution in [0.25, 0.3) is 0 Å². The molecular formula is C24H31NO5. The smallest absolute Gasteiger partial charge is 0.309 e. The third kappa shape index (κ3) is 2.35. The Hall–Kier alpha value is -1.79. The Morgan fingerprint density at radius 2 is 2.10 bits per heavy atom. The molecule has 6 rings (SSSR count).